The maximum Gasteiger partial charge on any atom is 0.255 e. The predicted molar refractivity (Wildman–Crippen MR) is 91.4 cm³/mol. The van der Waals surface area contributed by atoms with Crippen molar-refractivity contribution in [3.63, 3.8) is 0 Å². The average molecular weight is 339 g/mol. The van der Waals surface area contributed by atoms with Gasteiger partial charge in [-0.05, 0) is 40.2 Å². The van der Waals surface area contributed by atoms with Crippen molar-refractivity contribution >= 4 is 21.4 Å². The second kappa shape index (κ2) is 6.47. The van der Waals surface area contributed by atoms with Gasteiger partial charge in [-0.25, -0.2) is 8.42 Å². The lowest BCUT2D eigenvalue weighted by Crippen LogP contribution is -2.41. The van der Waals surface area contributed by atoms with Gasteiger partial charge in [0.05, 0.1) is 22.8 Å². The lowest BCUT2D eigenvalue weighted by Gasteiger charge is -2.27. The summed E-state index contributed by atoms with van der Waals surface area (Å²) in [6.07, 6.45) is 3.72. The van der Waals surface area contributed by atoms with E-state index in [-0.39, 0.29) is 29.0 Å². The number of carbonyl (C=O) groups is 1. The zero-order chi connectivity index (χ0) is 17.3. The van der Waals surface area contributed by atoms with Gasteiger partial charge < -0.3 is 10.2 Å². The maximum atomic E-state index is 12.8. The molecule has 1 amide bonds. The van der Waals surface area contributed by atoms with E-state index < -0.39 is 9.84 Å². The molecule has 6 nitrogen and oxygen atoms in total. The molecule has 1 saturated heterocycles. The normalized spacial score (nSPS) is 20.3. The Kier molecular flexibility index (Phi) is 4.98. The molecule has 0 saturated carbocycles. The van der Waals surface area contributed by atoms with Gasteiger partial charge in [0, 0.05) is 30.5 Å². The third-order valence-electron chi connectivity index (χ3n) is 3.76. The fourth-order valence-corrected chi connectivity index (χ4v) is 4.54. The first-order chi connectivity index (χ1) is 10.6. The Morgan fingerprint density at radius 2 is 2.09 bits per heavy atom. The van der Waals surface area contributed by atoms with Crippen LogP contribution in [0.3, 0.4) is 0 Å². The molecule has 1 N–H and O–H groups in total. The van der Waals surface area contributed by atoms with Crippen LogP contribution >= 0.6 is 0 Å². The number of nitrogens with one attached hydrogen (secondary N) is 1. The molecule has 7 heteroatoms. The first-order valence-electron chi connectivity index (χ1n) is 7.86. The number of hydrogen-bond acceptors (Lipinski definition) is 5. The first kappa shape index (κ1) is 17.7. The third kappa shape index (κ3) is 4.67. The van der Waals surface area contributed by atoms with Crippen LogP contribution in [0.2, 0.25) is 0 Å². The van der Waals surface area contributed by atoms with E-state index in [9.17, 15) is 13.2 Å². The Balaban J connectivity index is 2.20. The van der Waals surface area contributed by atoms with Crippen LogP contribution in [0.1, 0.15) is 44.5 Å². The summed E-state index contributed by atoms with van der Waals surface area (Å²) in [5.41, 5.74) is 1.12. The molecule has 0 aliphatic carbocycles. The van der Waals surface area contributed by atoms with Gasteiger partial charge in [-0.2, -0.15) is 0 Å². The van der Waals surface area contributed by atoms with Gasteiger partial charge >= 0.3 is 0 Å². The molecule has 0 radical (unpaired) electrons. The second-order valence-electron chi connectivity index (χ2n) is 6.99. The number of amides is 1. The van der Waals surface area contributed by atoms with Crippen LogP contribution in [0.4, 0.5) is 5.69 Å². The number of carbonyl (C=O) groups excluding carboxylic acids is 1. The van der Waals surface area contributed by atoms with E-state index >= 15 is 0 Å². The van der Waals surface area contributed by atoms with Crippen molar-refractivity contribution < 1.29 is 13.2 Å². The van der Waals surface area contributed by atoms with E-state index in [1.165, 1.54) is 6.20 Å². The minimum atomic E-state index is -3.02. The average Bonchev–Trinajstić information content (AvgIpc) is 2.78. The number of anilines is 1. The van der Waals surface area contributed by atoms with Gasteiger partial charge in [0.1, 0.15) is 0 Å². The number of nitrogens with zero attached hydrogens (tertiary/aromatic N) is 2. The van der Waals surface area contributed by atoms with Crippen molar-refractivity contribution in [3.8, 4) is 0 Å². The van der Waals surface area contributed by atoms with E-state index in [2.05, 4.69) is 10.3 Å². The molecule has 1 aromatic heterocycles. The molecule has 128 valence electrons. The lowest BCUT2D eigenvalue weighted by atomic mass is 10.1. The summed E-state index contributed by atoms with van der Waals surface area (Å²) in [6, 6.07) is 1.53. The summed E-state index contributed by atoms with van der Waals surface area (Å²) in [5.74, 6) is 0.0466. The molecule has 2 heterocycles. The highest BCUT2D eigenvalue weighted by Gasteiger charge is 2.34. The van der Waals surface area contributed by atoms with E-state index in [1.54, 1.807) is 17.2 Å². The SMILES string of the molecule is CCN(C(=O)c1cncc(NC(C)(C)C)c1)C1CCS(=O)(=O)C1. The van der Waals surface area contributed by atoms with Crippen LogP contribution in [-0.4, -0.2) is 53.8 Å². The number of aromatic nitrogens is 1. The fraction of sp³-hybridized carbons (Fsp3) is 0.625. The maximum absolute atomic E-state index is 12.8. The van der Waals surface area contributed by atoms with Crippen LogP contribution in [0.5, 0.6) is 0 Å². The van der Waals surface area contributed by atoms with Gasteiger partial charge in [-0.3, -0.25) is 9.78 Å². The summed E-state index contributed by atoms with van der Waals surface area (Å²) < 4.78 is 23.3. The molecule has 1 atom stereocenters. The molecule has 1 aliphatic rings. The molecule has 1 aromatic rings. The van der Waals surface area contributed by atoms with E-state index in [0.29, 0.717) is 18.5 Å². The minimum Gasteiger partial charge on any atom is -0.379 e. The number of hydrogen-bond donors (Lipinski definition) is 1. The smallest absolute Gasteiger partial charge is 0.255 e. The quantitative estimate of drug-likeness (QED) is 0.907. The molecule has 23 heavy (non-hydrogen) atoms. The zero-order valence-electron chi connectivity index (χ0n) is 14.2. The van der Waals surface area contributed by atoms with Gasteiger partial charge in [0.15, 0.2) is 9.84 Å². The van der Waals surface area contributed by atoms with E-state index in [1.807, 2.05) is 27.7 Å². The lowest BCUT2D eigenvalue weighted by molar-refractivity contribution is 0.0708. The molecule has 0 bridgehead atoms. The van der Waals surface area contributed by atoms with Crippen molar-refractivity contribution in [1.29, 1.82) is 0 Å². The number of pyridine rings is 1. The second-order valence-corrected chi connectivity index (χ2v) is 9.21. The van der Waals surface area contributed by atoms with Crippen molar-refractivity contribution in [2.24, 2.45) is 0 Å². The Hall–Kier alpha value is -1.63. The molecule has 0 spiro atoms. The fourth-order valence-electron chi connectivity index (χ4n) is 2.81. The summed E-state index contributed by atoms with van der Waals surface area (Å²) in [4.78, 5) is 18.5. The molecule has 1 fully saturated rings. The highest BCUT2D eigenvalue weighted by molar-refractivity contribution is 7.91. The van der Waals surface area contributed by atoms with Crippen LogP contribution in [-0.2, 0) is 9.84 Å². The van der Waals surface area contributed by atoms with Crippen molar-refractivity contribution in [2.45, 2.75) is 45.7 Å². The summed E-state index contributed by atoms with van der Waals surface area (Å²) in [6.45, 7) is 8.44. The van der Waals surface area contributed by atoms with Crippen LogP contribution in [0, 0.1) is 0 Å². The standard InChI is InChI=1S/C16H25N3O3S/c1-5-19(14-6-7-23(21,22)11-14)15(20)12-8-13(10-17-9-12)18-16(2,3)4/h8-10,14,18H,5-7,11H2,1-4H3. The molecular weight excluding hydrogens is 314 g/mol. The van der Waals surface area contributed by atoms with Gasteiger partial charge in [0.2, 0.25) is 0 Å². The topological polar surface area (TPSA) is 79.4 Å². The summed E-state index contributed by atoms with van der Waals surface area (Å²) in [5, 5.41) is 3.29. The largest absolute Gasteiger partial charge is 0.379 e. The minimum absolute atomic E-state index is 0.0555. The molecule has 0 aromatic carbocycles. The number of sulfone groups is 1. The molecular formula is C16H25N3O3S. The number of rotatable bonds is 4. The monoisotopic (exact) mass is 339 g/mol. The Morgan fingerprint density at radius 1 is 1.39 bits per heavy atom. The molecule has 1 unspecified atom stereocenters. The predicted octanol–water partition coefficient (Wildman–Crippen LogP) is 1.94. The highest BCUT2D eigenvalue weighted by atomic mass is 32.2. The van der Waals surface area contributed by atoms with Crippen molar-refractivity contribution in [3.05, 3.63) is 24.0 Å². The van der Waals surface area contributed by atoms with Crippen molar-refractivity contribution in [2.75, 3.05) is 23.4 Å². The van der Waals surface area contributed by atoms with Gasteiger partial charge in [-0.1, -0.05) is 0 Å². The zero-order valence-corrected chi connectivity index (χ0v) is 15.0. The van der Waals surface area contributed by atoms with E-state index in [0.717, 1.165) is 5.69 Å². The Morgan fingerprint density at radius 3 is 2.61 bits per heavy atom. The third-order valence-corrected chi connectivity index (χ3v) is 5.51. The molecule has 2 rings (SSSR count). The Bertz CT molecular complexity index is 680. The van der Waals surface area contributed by atoms with Crippen molar-refractivity contribution in [1.82, 2.24) is 9.88 Å². The van der Waals surface area contributed by atoms with Crippen LogP contribution < -0.4 is 5.32 Å². The molecule has 1 aliphatic heterocycles. The highest BCUT2D eigenvalue weighted by Crippen LogP contribution is 2.21. The van der Waals surface area contributed by atoms with E-state index in [4.69, 9.17) is 0 Å². The first-order valence-corrected chi connectivity index (χ1v) is 9.68. The van der Waals surface area contributed by atoms with Crippen LogP contribution in [0.25, 0.3) is 0 Å². The Labute approximate surface area is 138 Å². The van der Waals surface area contributed by atoms with Gasteiger partial charge in [0.25, 0.3) is 5.91 Å². The summed E-state index contributed by atoms with van der Waals surface area (Å²) in [7, 11) is -3.02. The van der Waals surface area contributed by atoms with Gasteiger partial charge in [-0.15, -0.1) is 0 Å². The summed E-state index contributed by atoms with van der Waals surface area (Å²) >= 11 is 0. The van der Waals surface area contributed by atoms with Crippen LogP contribution in [0.15, 0.2) is 18.5 Å².